The van der Waals surface area contributed by atoms with Gasteiger partial charge in [0.1, 0.15) is 0 Å². The van der Waals surface area contributed by atoms with Crippen LogP contribution in [0.25, 0.3) is 0 Å². The van der Waals surface area contributed by atoms with Gasteiger partial charge >= 0.3 is 0 Å². The average Bonchev–Trinajstić information content (AvgIpc) is 2.68. The maximum absolute atomic E-state index is 10.4. The first-order chi connectivity index (χ1) is 8.19. The van der Waals surface area contributed by atoms with Gasteiger partial charge in [0.05, 0.1) is 6.10 Å². The van der Waals surface area contributed by atoms with Crippen molar-refractivity contribution < 1.29 is 5.11 Å². The first kappa shape index (κ1) is 12.6. The third-order valence-corrected chi connectivity index (χ3v) is 4.12. The molecule has 0 bridgehead atoms. The van der Waals surface area contributed by atoms with Crippen LogP contribution in [0.5, 0.6) is 0 Å². The Morgan fingerprint density at radius 3 is 2.65 bits per heavy atom. The summed E-state index contributed by atoms with van der Waals surface area (Å²) in [6.45, 7) is 7.65. The molecule has 0 radical (unpaired) electrons. The van der Waals surface area contributed by atoms with E-state index in [9.17, 15) is 5.11 Å². The number of hydrogen-bond acceptors (Lipinski definition) is 2. The molecule has 3 atom stereocenters. The molecule has 3 unspecified atom stereocenters. The van der Waals surface area contributed by atoms with Gasteiger partial charge in [0.15, 0.2) is 0 Å². The zero-order chi connectivity index (χ0) is 12.4. The lowest BCUT2D eigenvalue weighted by Gasteiger charge is -2.34. The number of hydrogen-bond donors (Lipinski definition) is 1. The van der Waals surface area contributed by atoms with Crippen molar-refractivity contribution in [2.45, 2.75) is 51.8 Å². The molecule has 2 nitrogen and oxygen atoms in total. The molecule has 0 heterocycles. The largest absolute Gasteiger partial charge is 0.387 e. The van der Waals surface area contributed by atoms with Crippen LogP contribution in [0.4, 0.5) is 0 Å². The van der Waals surface area contributed by atoms with E-state index in [0.717, 1.165) is 24.9 Å². The first-order valence-electron chi connectivity index (χ1n) is 6.70. The highest BCUT2D eigenvalue weighted by molar-refractivity contribution is 5.35. The molecule has 0 amide bonds. The summed E-state index contributed by atoms with van der Waals surface area (Å²) >= 11 is 0. The van der Waals surface area contributed by atoms with E-state index < -0.39 is 0 Å². The van der Waals surface area contributed by atoms with Crippen molar-refractivity contribution in [3.63, 3.8) is 0 Å². The minimum Gasteiger partial charge on any atom is -0.387 e. The molecular weight excluding hydrogens is 210 g/mol. The summed E-state index contributed by atoms with van der Waals surface area (Å²) < 4.78 is 0. The third-order valence-electron chi connectivity index (χ3n) is 4.12. The van der Waals surface area contributed by atoms with Crippen molar-refractivity contribution in [2.24, 2.45) is 0 Å². The number of likely N-dealkylation sites (N-methyl/N-ethyl adjacent to an activating group) is 1. The monoisotopic (exact) mass is 233 g/mol. The SMILES string of the molecule is CCC(C)N(CC)C1Cc2ccccc2C1O. The van der Waals surface area contributed by atoms with Crippen LogP contribution < -0.4 is 0 Å². The molecule has 0 spiro atoms. The van der Waals surface area contributed by atoms with E-state index in [4.69, 9.17) is 0 Å². The van der Waals surface area contributed by atoms with Crippen molar-refractivity contribution in [3.8, 4) is 0 Å². The molecule has 94 valence electrons. The molecular formula is C15H23NO. The maximum Gasteiger partial charge on any atom is 0.0951 e. The topological polar surface area (TPSA) is 23.5 Å². The summed E-state index contributed by atoms with van der Waals surface area (Å²) in [5, 5.41) is 10.4. The predicted octanol–water partition coefficient (Wildman–Crippen LogP) is 2.77. The zero-order valence-electron chi connectivity index (χ0n) is 11.1. The number of nitrogens with zero attached hydrogens (tertiary/aromatic N) is 1. The molecule has 0 fully saturated rings. The van der Waals surface area contributed by atoms with Crippen molar-refractivity contribution >= 4 is 0 Å². The standard InChI is InChI=1S/C15H23NO/c1-4-11(3)16(5-2)14-10-12-8-6-7-9-13(12)15(14)17/h6-9,11,14-15,17H,4-5,10H2,1-3H3. The lowest BCUT2D eigenvalue weighted by Crippen LogP contribution is -2.43. The van der Waals surface area contributed by atoms with Crippen LogP contribution in [-0.2, 0) is 6.42 Å². The fourth-order valence-corrected chi connectivity index (χ4v) is 2.96. The quantitative estimate of drug-likeness (QED) is 0.864. The van der Waals surface area contributed by atoms with E-state index >= 15 is 0 Å². The Hall–Kier alpha value is -0.860. The van der Waals surface area contributed by atoms with Crippen LogP contribution >= 0.6 is 0 Å². The minimum atomic E-state index is -0.319. The molecule has 0 saturated carbocycles. The van der Waals surface area contributed by atoms with E-state index in [-0.39, 0.29) is 12.1 Å². The summed E-state index contributed by atoms with van der Waals surface area (Å²) in [6, 6.07) is 9.08. The number of aliphatic hydroxyl groups excluding tert-OH is 1. The normalized spacial score (nSPS) is 25.0. The molecule has 1 aromatic carbocycles. The molecule has 0 aromatic heterocycles. The van der Waals surface area contributed by atoms with Gasteiger partial charge in [-0.2, -0.15) is 0 Å². The number of rotatable bonds is 4. The zero-order valence-corrected chi connectivity index (χ0v) is 11.1. The molecule has 2 rings (SSSR count). The van der Waals surface area contributed by atoms with Crippen LogP contribution in [0.2, 0.25) is 0 Å². The van der Waals surface area contributed by atoms with E-state index in [0.29, 0.717) is 6.04 Å². The van der Waals surface area contributed by atoms with Crippen molar-refractivity contribution in [1.29, 1.82) is 0 Å². The van der Waals surface area contributed by atoms with Crippen LogP contribution in [0.15, 0.2) is 24.3 Å². The van der Waals surface area contributed by atoms with Gasteiger partial charge in [-0.3, -0.25) is 4.90 Å². The summed E-state index contributed by atoms with van der Waals surface area (Å²) in [6.07, 6.45) is 1.79. The Morgan fingerprint density at radius 1 is 1.35 bits per heavy atom. The minimum absolute atomic E-state index is 0.257. The van der Waals surface area contributed by atoms with Gasteiger partial charge in [-0.25, -0.2) is 0 Å². The molecule has 1 aliphatic rings. The smallest absolute Gasteiger partial charge is 0.0951 e. The van der Waals surface area contributed by atoms with Gasteiger partial charge in [0.2, 0.25) is 0 Å². The maximum atomic E-state index is 10.4. The first-order valence-corrected chi connectivity index (χ1v) is 6.70. The van der Waals surface area contributed by atoms with E-state index in [1.54, 1.807) is 0 Å². The van der Waals surface area contributed by atoms with Gasteiger partial charge < -0.3 is 5.11 Å². The summed E-state index contributed by atoms with van der Waals surface area (Å²) in [4.78, 5) is 2.44. The second kappa shape index (κ2) is 5.19. The fourth-order valence-electron chi connectivity index (χ4n) is 2.96. The molecule has 1 N–H and O–H groups in total. The van der Waals surface area contributed by atoms with Crippen LogP contribution in [0, 0.1) is 0 Å². The van der Waals surface area contributed by atoms with Crippen LogP contribution in [0.1, 0.15) is 44.4 Å². The average molecular weight is 233 g/mol. The summed E-state index contributed by atoms with van der Waals surface area (Å²) in [5.74, 6) is 0. The summed E-state index contributed by atoms with van der Waals surface area (Å²) in [7, 11) is 0. The predicted molar refractivity (Wildman–Crippen MR) is 71.0 cm³/mol. The van der Waals surface area contributed by atoms with Gasteiger partial charge in [0, 0.05) is 12.1 Å². The second-order valence-corrected chi connectivity index (χ2v) is 5.00. The Kier molecular flexibility index (Phi) is 3.85. The highest BCUT2D eigenvalue weighted by atomic mass is 16.3. The number of fused-ring (bicyclic) bond motifs is 1. The van der Waals surface area contributed by atoms with Gasteiger partial charge in [-0.1, -0.05) is 38.1 Å². The van der Waals surface area contributed by atoms with Crippen molar-refractivity contribution in [1.82, 2.24) is 4.90 Å². The van der Waals surface area contributed by atoms with Crippen molar-refractivity contribution in [3.05, 3.63) is 35.4 Å². The second-order valence-electron chi connectivity index (χ2n) is 5.00. The van der Waals surface area contributed by atoms with E-state index in [1.807, 2.05) is 6.07 Å². The fraction of sp³-hybridized carbons (Fsp3) is 0.600. The molecule has 2 heteroatoms. The van der Waals surface area contributed by atoms with Gasteiger partial charge in [-0.15, -0.1) is 0 Å². The molecule has 0 aliphatic heterocycles. The molecule has 1 aromatic rings. The third kappa shape index (κ3) is 2.24. The summed E-state index contributed by atoms with van der Waals surface area (Å²) in [5.41, 5.74) is 2.44. The van der Waals surface area contributed by atoms with Gasteiger partial charge in [0.25, 0.3) is 0 Å². The lowest BCUT2D eigenvalue weighted by atomic mass is 10.1. The highest BCUT2D eigenvalue weighted by Gasteiger charge is 2.35. The van der Waals surface area contributed by atoms with Gasteiger partial charge in [-0.05, 0) is 37.4 Å². The van der Waals surface area contributed by atoms with Crippen LogP contribution in [-0.4, -0.2) is 28.6 Å². The Labute approximate surface area is 104 Å². The van der Waals surface area contributed by atoms with E-state index in [2.05, 4.69) is 43.9 Å². The lowest BCUT2D eigenvalue weighted by molar-refractivity contribution is 0.0404. The highest BCUT2D eigenvalue weighted by Crippen LogP contribution is 2.35. The Balaban J connectivity index is 2.21. The van der Waals surface area contributed by atoms with E-state index in [1.165, 1.54) is 5.56 Å². The van der Waals surface area contributed by atoms with Crippen LogP contribution in [0.3, 0.4) is 0 Å². The Bertz CT molecular complexity index is 377. The molecule has 17 heavy (non-hydrogen) atoms. The van der Waals surface area contributed by atoms with Crippen molar-refractivity contribution in [2.75, 3.05) is 6.54 Å². The number of aliphatic hydroxyl groups is 1. The molecule has 1 aliphatic carbocycles. The number of benzene rings is 1. The molecule has 0 saturated heterocycles. The Morgan fingerprint density at radius 2 is 2.06 bits per heavy atom.